The summed E-state index contributed by atoms with van der Waals surface area (Å²) >= 11 is 3.25. The Kier molecular flexibility index (Phi) is 4.07. The molecule has 0 spiro atoms. The fourth-order valence-corrected chi connectivity index (χ4v) is 3.01. The minimum Gasteiger partial charge on any atom is -0.384 e. The van der Waals surface area contributed by atoms with Gasteiger partial charge in [0.2, 0.25) is 0 Å². The molecule has 1 nitrogen and oxygen atoms in total. The zero-order valence-electron chi connectivity index (χ0n) is 11.2. The third-order valence-electron chi connectivity index (χ3n) is 3.21. The fraction of sp³-hybridized carbons (Fsp3) is 0.250. The summed E-state index contributed by atoms with van der Waals surface area (Å²) in [5.74, 6) is -0.356. The molecule has 0 aliphatic rings. The molecule has 0 heterocycles. The van der Waals surface area contributed by atoms with Gasteiger partial charge in [-0.1, -0.05) is 33.6 Å². The Bertz CT molecular complexity index is 579. The molecular formula is C16H16BrFO. The van der Waals surface area contributed by atoms with Gasteiger partial charge in [0.15, 0.2) is 0 Å². The number of hydrogen-bond donors (Lipinski definition) is 1. The van der Waals surface area contributed by atoms with E-state index in [2.05, 4.69) is 15.9 Å². The lowest BCUT2D eigenvalue weighted by molar-refractivity contribution is 0.218. The number of halogens is 2. The van der Waals surface area contributed by atoms with Crippen molar-refractivity contribution in [2.45, 2.75) is 26.9 Å². The quantitative estimate of drug-likeness (QED) is 0.857. The summed E-state index contributed by atoms with van der Waals surface area (Å²) in [4.78, 5) is 0. The van der Waals surface area contributed by atoms with Gasteiger partial charge in [0.25, 0.3) is 0 Å². The number of benzene rings is 2. The maximum atomic E-state index is 13.4. The second kappa shape index (κ2) is 5.43. The van der Waals surface area contributed by atoms with Gasteiger partial charge in [-0.3, -0.25) is 0 Å². The summed E-state index contributed by atoms with van der Waals surface area (Å²) in [5, 5.41) is 10.5. The van der Waals surface area contributed by atoms with Crippen LogP contribution in [0.4, 0.5) is 4.39 Å². The molecule has 0 radical (unpaired) electrons. The SMILES string of the molecule is Cc1cc(C)c(C(O)c2cc(F)cc(Br)c2)c(C)c1. The van der Waals surface area contributed by atoms with Crippen LogP contribution in [-0.2, 0) is 0 Å². The van der Waals surface area contributed by atoms with Crippen LogP contribution >= 0.6 is 15.9 Å². The van der Waals surface area contributed by atoms with Crippen molar-refractivity contribution in [2.24, 2.45) is 0 Å². The first-order valence-corrected chi connectivity index (χ1v) is 6.89. The predicted octanol–water partition coefficient (Wildman–Crippen LogP) is 4.60. The summed E-state index contributed by atoms with van der Waals surface area (Å²) in [7, 11) is 0. The number of aryl methyl sites for hydroxylation is 3. The fourth-order valence-electron chi connectivity index (χ4n) is 2.52. The Morgan fingerprint density at radius 2 is 1.58 bits per heavy atom. The van der Waals surface area contributed by atoms with Crippen molar-refractivity contribution in [1.82, 2.24) is 0 Å². The molecule has 2 rings (SSSR count). The van der Waals surface area contributed by atoms with E-state index in [1.807, 2.05) is 32.9 Å². The van der Waals surface area contributed by atoms with E-state index < -0.39 is 6.10 Å². The highest BCUT2D eigenvalue weighted by molar-refractivity contribution is 9.10. The summed E-state index contributed by atoms with van der Waals surface area (Å²) < 4.78 is 14.1. The van der Waals surface area contributed by atoms with Crippen molar-refractivity contribution in [3.05, 3.63) is 68.4 Å². The zero-order valence-corrected chi connectivity index (χ0v) is 12.8. The molecule has 0 amide bonds. The van der Waals surface area contributed by atoms with Crippen LogP contribution in [0.25, 0.3) is 0 Å². The van der Waals surface area contributed by atoms with E-state index in [1.165, 1.54) is 12.1 Å². The van der Waals surface area contributed by atoms with Gasteiger partial charge in [-0.25, -0.2) is 4.39 Å². The van der Waals surface area contributed by atoms with Crippen molar-refractivity contribution in [2.75, 3.05) is 0 Å². The molecule has 0 aliphatic carbocycles. The standard InChI is InChI=1S/C16H16BrFO/c1-9-4-10(2)15(11(3)5-9)16(19)12-6-13(17)8-14(18)7-12/h4-8,16,19H,1-3H3. The number of rotatable bonds is 2. The van der Waals surface area contributed by atoms with Gasteiger partial charge in [-0.2, -0.15) is 0 Å². The van der Waals surface area contributed by atoms with Crippen LogP contribution in [0.15, 0.2) is 34.8 Å². The van der Waals surface area contributed by atoms with Crippen LogP contribution in [0.5, 0.6) is 0 Å². The summed E-state index contributed by atoms with van der Waals surface area (Å²) in [5.41, 5.74) is 4.60. The second-order valence-electron chi connectivity index (χ2n) is 4.92. The molecule has 2 aromatic rings. The van der Waals surface area contributed by atoms with Crippen molar-refractivity contribution in [3.63, 3.8) is 0 Å². The molecule has 0 bridgehead atoms. The number of hydrogen-bond acceptors (Lipinski definition) is 1. The van der Waals surface area contributed by atoms with Crippen molar-refractivity contribution < 1.29 is 9.50 Å². The summed E-state index contributed by atoms with van der Waals surface area (Å²) in [6.07, 6.45) is -0.812. The monoisotopic (exact) mass is 322 g/mol. The lowest BCUT2D eigenvalue weighted by Crippen LogP contribution is -2.05. The molecule has 3 heteroatoms. The number of aliphatic hydroxyl groups is 1. The molecule has 0 saturated heterocycles. The Balaban J connectivity index is 2.52. The lowest BCUT2D eigenvalue weighted by Gasteiger charge is -2.18. The maximum Gasteiger partial charge on any atom is 0.124 e. The summed E-state index contributed by atoms with van der Waals surface area (Å²) in [6.45, 7) is 5.95. The summed E-state index contributed by atoms with van der Waals surface area (Å²) in [6, 6.07) is 8.55. The smallest absolute Gasteiger partial charge is 0.124 e. The Hall–Kier alpha value is -1.19. The molecule has 1 N–H and O–H groups in total. The molecule has 0 aromatic heterocycles. The maximum absolute atomic E-state index is 13.4. The van der Waals surface area contributed by atoms with Gasteiger partial charge < -0.3 is 5.11 Å². The van der Waals surface area contributed by atoms with Gasteiger partial charge in [-0.15, -0.1) is 0 Å². The van der Waals surface area contributed by atoms with Gasteiger partial charge >= 0.3 is 0 Å². The highest BCUT2D eigenvalue weighted by Crippen LogP contribution is 2.30. The third kappa shape index (κ3) is 3.04. The van der Waals surface area contributed by atoms with E-state index in [-0.39, 0.29) is 5.82 Å². The molecule has 1 atom stereocenters. The van der Waals surface area contributed by atoms with Gasteiger partial charge in [-0.05, 0) is 61.2 Å². The zero-order chi connectivity index (χ0) is 14.2. The van der Waals surface area contributed by atoms with Crippen molar-refractivity contribution in [1.29, 1.82) is 0 Å². The average molecular weight is 323 g/mol. The van der Waals surface area contributed by atoms with Crippen LogP contribution in [0.2, 0.25) is 0 Å². The van der Waals surface area contributed by atoms with E-state index >= 15 is 0 Å². The molecule has 0 aliphatic heterocycles. The second-order valence-corrected chi connectivity index (χ2v) is 5.83. The van der Waals surface area contributed by atoms with E-state index in [0.29, 0.717) is 10.0 Å². The molecular weight excluding hydrogens is 307 g/mol. The normalized spacial score (nSPS) is 12.5. The van der Waals surface area contributed by atoms with Gasteiger partial charge in [0.05, 0.1) is 0 Å². The molecule has 19 heavy (non-hydrogen) atoms. The van der Waals surface area contributed by atoms with Crippen LogP contribution < -0.4 is 0 Å². The Labute approximate surface area is 121 Å². The van der Waals surface area contributed by atoms with Crippen LogP contribution in [0, 0.1) is 26.6 Å². The van der Waals surface area contributed by atoms with Crippen LogP contribution in [-0.4, -0.2) is 5.11 Å². The topological polar surface area (TPSA) is 20.2 Å². The largest absolute Gasteiger partial charge is 0.384 e. The minimum atomic E-state index is -0.812. The first-order valence-electron chi connectivity index (χ1n) is 6.10. The van der Waals surface area contributed by atoms with Gasteiger partial charge in [0.1, 0.15) is 11.9 Å². The minimum absolute atomic E-state index is 0.356. The molecule has 2 aromatic carbocycles. The molecule has 100 valence electrons. The van der Waals surface area contributed by atoms with Crippen molar-refractivity contribution >= 4 is 15.9 Å². The molecule has 0 saturated carbocycles. The van der Waals surface area contributed by atoms with E-state index in [1.54, 1.807) is 6.07 Å². The number of aliphatic hydroxyl groups excluding tert-OH is 1. The average Bonchev–Trinajstić information content (AvgIpc) is 2.25. The lowest BCUT2D eigenvalue weighted by atomic mass is 9.92. The van der Waals surface area contributed by atoms with Crippen molar-refractivity contribution in [3.8, 4) is 0 Å². The van der Waals surface area contributed by atoms with E-state index in [0.717, 1.165) is 22.3 Å². The highest BCUT2D eigenvalue weighted by atomic mass is 79.9. The third-order valence-corrected chi connectivity index (χ3v) is 3.67. The first-order chi connectivity index (χ1) is 8.88. The Morgan fingerprint density at radius 3 is 2.11 bits per heavy atom. The van der Waals surface area contributed by atoms with E-state index in [9.17, 15) is 9.50 Å². The highest BCUT2D eigenvalue weighted by Gasteiger charge is 2.17. The van der Waals surface area contributed by atoms with E-state index in [4.69, 9.17) is 0 Å². The first kappa shape index (κ1) is 14.2. The van der Waals surface area contributed by atoms with Gasteiger partial charge in [0, 0.05) is 4.47 Å². The van der Waals surface area contributed by atoms with Crippen LogP contribution in [0.1, 0.15) is 33.9 Å². The molecule has 1 unspecified atom stereocenters. The Morgan fingerprint density at radius 1 is 1.00 bits per heavy atom. The predicted molar refractivity (Wildman–Crippen MR) is 78.8 cm³/mol. The molecule has 0 fully saturated rings. The van der Waals surface area contributed by atoms with Crippen LogP contribution in [0.3, 0.4) is 0 Å².